The smallest absolute Gasteiger partial charge is 0.249 e. The number of terminal acetylenes is 1. The molecular formula is C17H26N2O2. The van der Waals surface area contributed by atoms with Crippen molar-refractivity contribution in [3.05, 3.63) is 0 Å². The standard InChI is InChI=1S/C17H26N2O2/c1-5-6-7-8-11-19-14(12(2)3)15(20)18-17(4,16(19)21)13-9-10-13/h1,12-14H,6-11H2,2-4H3,(H,18,20). The lowest BCUT2D eigenvalue weighted by Gasteiger charge is -2.46. The molecule has 2 atom stereocenters. The first-order valence-electron chi connectivity index (χ1n) is 7.98. The average molecular weight is 290 g/mol. The minimum atomic E-state index is -0.700. The lowest BCUT2D eigenvalue weighted by molar-refractivity contribution is -0.157. The van der Waals surface area contributed by atoms with Crippen LogP contribution in [0.4, 0.5) is 0 Å². The number of nitrogens with one attached hydrogen (secondary N) is 1. The van der Waals surface area contributed by atoms with E-state index in [1.54, 1.807) is 4.90 Å². The van der Waals surface area contributed by atoms with Crippen LogP contribution in [0.5, 0.6) is 0 Å². The Morgan fingerprint density at radius 1 is 1.38 bits per heavy atom. The van der Waals surface area contributed by atoms with Gasteiger partial charge in [-0.2, -0.15) is 0 Å². The maximum Gasteiger partial charge on any atom is 0.249 e. The van der Waals surface area contributed by atoms with E-state index in [2.05, 4.69) is 11.2 Å². The zero-order valence-electron chi connectivity index (χ0n) is 13.3. The summed E-state index contributed by atoms with van der Waals surface area (Å²) in [5.41, 5.74) is -0.700. The molecule has 1 N–H and O–H groups in total. The third-order valence-electron chi connectivity index (χ3n) is 4.69. The van der Waals surface area contributed by atoms with Crippen molar-refractivity contribution < 1.29 is 9.59 Å². The van der Waals surface area contributed by atoms with Crippen LogP contribution < -0.4 is 5.32 Å². The van der Waals surface area contributed by atoms with Crippen LogP contribution in [-0.2, 0) is 9.59 Å². The number of carbonyl (C=O) groups is 2. The van der Waals surface area contributed by atoms with Gasteiger partial charge in [0.2, 0.25) is 11.8 Å². The summed E-state index contributed by atoms with van der Waals surface area (Å²) < 4.78 is 0. The fraction of sp³-hybridized carbons (Fsp3) is 0.765. The number of amides is 2. The van der Waals surface area contributed by atoms with Gasteiger partial charge >= 0.3 is 0 Å². The van der Waals surface area contributed by atoms with E-state index in [-0.39, 0.29) is 23.8 Å². The van der Waals surface area contributed by atoms with Gasteiger partial charge < -0.3 is 10.2 Å². The fourth-order valence-electron chi connectivity index (χ4n) is 3.30. The maximum atomic E-state index is 12.9. The monoisotopic (exact) mass is 290 g/mol. The van der Waals surface area contributed by atoms with Crippen molar-refractivity contribution in [2.75, 3.05) is 6.54 Å². The van der Waals surface area contributed by atoms with E-state index in [9.17, 15) is 9.59 Å². The van der Waals surface area contributed by atoms with Crippen LogP contribution in [-0.4, -0.2) is 34.8 Å². The number of nitrogens with zero attached hydrogens (tertiary/aromatic N) is 1. The second kappa shape index (κ2) is 6.09. The number of unbranched alkanes of at least 4 members (excludes halogenated alkanes) is 2. The Morgan fingerprint density at radius 2 is 2.05 bits per heavy atom. The molecule has 2 aliphatic rings. The maximum absolute atomic E-state index is 12.9. The molecular weight excluding hydrogens is 264 g/mol. The number of piperazine rings is 1. The van der Waals surface area contributed by atoms with Gasteiger partial charge in [-0.1, -0.05) is 13.8 Å². The molecule has 21 heavy (non-hydrogen) atoms. The Hall–Kier alpha value is -1.50. The molecule has 1 heterocycles. The van der Waals surface area contributed by atoms with Crippen LogP contribution in [0, 0.1) is 24.2 Å². The van der Waals surface area contributed by atoms with Gasteiger partial charge in [0.15, 0.2) is 0 Å². The highest BCUT2D eigenvalue weighted by Crippen LogP contribution is 2.42. The van der Waals surface area contributed by atoms with Gasteiger partial charge in [0.1, 0.15) is 11.6 Å². The summed E-state index contributed by atoms with van der Waals surface area (Å²) in [4.78, 5) is 27.2. The molecule has 2 unspecified atom stereocenters. The Morgan fingerprint density at radius 3 is 2.57 bits per heavy atom. The second-order valence-corrected chi connectivity index (χ2v) is 6.81. The second-order valence-electron chi connectivity index (χ2n) is 6.81. The van der Waals surface area contributed by atoms with Crippen LogP contribution in [0.1, 0.15) is 52.9 Å². The molecule has 4 heteroatoms. The number of rotatable bonds is 6. The van der Waals surface area contributed by atoms with Crippen molar-refractivity contribution in [1.82, 2.24) is 10.2 Å². The summed E-state index contributed by atoms with van der Waals surface area (Å²) >= 11 is 0. The summed E-state index contributed by atoms with van der Waals surface area (Å²) in [5, 5.41) is 3.00. The lowest BCUT2D eigenvalue weighted by atomic mass is 9.86. The van der Waals surface area contributed by atoms with Crippen molar-refractivity contribution in [1.29, 1.82) is 0 Å². The van der Waals surface area contributed by atoms with Crippen LogP contribution in [0.15, 0.2) is 0 Å². The highest BCUT2D eigenvalue weighted by Gasteiger charge is 2.55. The van der Waals surface area contributed by atoms with E-state index in [0.29, 0.717) is 12.5 Å². The Labute approximate surface area is 127 Å². The normalized spacial score (nSPS) is 29.5. The topological polar surface area (TPSA) is 49.4 Å². The largest absolute Gasteiger partial charge is 0.340 e. The van der Waals surface area contributed by atoms with Crippen LogP contribution in [0.2, 0.25) is 0 Å². The van der Waals surface area contributed by atoms with Crippen molar-refractivity contribution in [3.8, 4) is 12.3 Å². The SMILES string of the molecule is C#CCCCCN1C(=O)C(C)(C2CC2)NC(=O)C1C(C)C. The van der Waals surface area contributed by atoms with E-state index in [1.807, 2.05) is 20.8 Å². The third kappa shape index (κ3) is 3.07. The van der Waals surface area contributed by atoms with Crippen LogP contribution in [0.3, 0.4) is 0 Å². The molecule has 2 fully saturated rings. The van der Waals surface area contributed by atoms with Crippen molar-refractivity contribution in [2.45, 2.75) is 64.5 Å². The van der Waals surface area contributed by atoms with Gasteiger partial charge in [0.05, 0.1) is 0 Å². The number of hydrogen-bond donors (Lipinski definition) is 1. The minimum Gasteiger partial charge on any atom is -0.340 e. The molecule has 1 aliphatic heterocycles. The summed E-state index contributed by atoms with van der Waals surface area (Å²) in [6.07, 6.45) is 9.80. The molecule has 1 aliphatic carbocycles. The predicted molar refractivity (Wildman–Crippen MR) is 82.3 cm³/mol. The lowest BCUT2D eigenvalue weighted by Crippen LogP contribution is -2.71. The van der Waals surface area contributed by atoms with Gasteiger partial charge in [-0.15, -0.1) is 12.3 Å². The summed E-state index contributed by atoms with van der Waals surface area (Å²) in [5.74, 6) is 3.12. The fourth-order valence-corrected chi connectivity index (χ4v) is 3.30. The molecule has 0 aromatic carbocycles. The van der Waals surface area contributed by atoms with E-state index in [4.69, 9.17) is 6.42 Å². The molecule has 1 saturated carbocycles. The Bertz CT molecular complexity index is 462. The number of carbonyl (C=O) groups excluding carboxylic acids is 2. The third-order valence-corrected chi connectivity index (χ3v) is 4.69. The van der Waals surface area contributed by atoms with Gasteiger partial charge in [-0.25, -0.2) is 0 Å². The van der Waals surface area contributed by atoms with E-state index in [1.165, 1.54) is 0 Å². The van der Waals surface area contributed by atoms with Crippen molar-refractivity contribution in [2.24, 2.45) is 11.8 Å². The molecule has 2 amide bonds. The first kappa shape index (κ1) is 15.9. The van der Waals surface area contributed by atoms with Crippen LogP contribution >= 0.6 is 0 Å². The Balaban J connectivity index is 2.14. The molecule has 0 radical (unpaired) electrons. The molecule has 1 saturated heterocycles. The van der Waals surface area contributed by atoms with Gasteiger partial charge in [-0.3, -0.25) is 9.59 Å². The van der Waals surface area contributed by atoms with Crippen LogP contribution in [0.25, 0.3) is 0 Å². The summed E-state index contributed by atoms with van der Waals surface area (Å²) in [6, 6.07) is -0.352. The Kier molecular flexibility index (Phi) is 4.61. The van der Waals surface area contributed by atoms with Gasteiger partial charge in [0, 0.05) is 13.0 Å². The van der Waals surface area contributed by atoms with Crippen molar-refractivity contribution >= 4 is 11.8 Å². The average Bonchev–Trinajstić information content (AvgIpc) is 3.24. The highest BCUT2D eigenvalue weighted by molar-refractivity contribution is 6.00. The quantitative estimate of drug-likeness (QED) is 0.600. The van der Waals surface area contributed by atoms with E-state index < -0.39 is 5.54 Å². The summed E-state index contributed by atoms with van der Waals surface area (Å²) in [7, 11) is 0. The molecule has 0 aromatic rings. The highest BCUT2D eigenvalue weighted by atomic mass is 16.2. The molecule has 2 rings (SSSR count). The minimum absolute atomic E-state index is 0.00375. The predicted octanol–water partition coefficient (Wildman–Crippen LogP) is 1.94. The van der Waals surface area contributed by atoms with E-state index >= 15 is 0 Å². The molecule has 0 bridgehead atoms. The number of hydrogen-bond acceptors (Lipinski definition) is 2. The first-order chi connectivity index (χ1) is 9.91. The first-order valence-corrected chi connectivity index (χ1v) is 7.98. The zero-order chi connectivity index (χ0) is 15.6. The molecule has 0 aromatic heterocycles. The van der Waals surface area contributed by atoms with Crippen molar-refractivity contribution in [3.63, 3.8) is 0 Å². The van der Waals surface area contributed by atoms with Gasteiger partial charge in [-0.05, 0) is 44.4 Å². The molecule has 0 spiro atoms. The molecule has 116 valence electrons. The molecule has 4 nitrogen and oxygen atoms in total. The summed E-state index contributed by atoms with van der Waals surface area (Å²) in [6.45, 7) is 6.49. The zero-order valence-corrected chi connectivity index (χ0v) is 13.3. The van der Waals surface area contributed by atoms with E-state index in [0.717, 1.165) is 32.1 Å². The van der Waals surface area contributed by atoms with Gasteiger partial charge in [0.25, 0.3) is 0 Å².